The SMILES string of the molecule is CN=C(NCCc1ccccn1)NCc1ncc(-c2ccc(C)cc2)o1.I. The summed E-state index contributed by atoms with van der Waals surface area (Å²) >= 11 is 0. The van der Waals surface area contributed by atoms with Gasteiger partial charge in [0.05, 0.1) is 12.7 Å². The van der Waals surface area contributed by atoms with Crippen molar-refractivity contribution in [2.24, 2.45) is 4.99 Å². The van der Waals surface area contributed by atoms with Crippen molar-refractivity contribution in [2.75, 3.05) is 13.6 Å². The van der Waals surface area contributed by atoms with E-state index in [-0.39, 0.29) is 24.0 Å². The first-order valence-electron chi connectivity index (χ1n) is 8.61. The first kappa shape index (κ1) is 20.9. The molecule has 0 bridgehead atoms. The van der Waals surface area contributed by atoms with Gasteiger partial charge in [-0.1, -0.05) is 35.9 Å². The molecule has 2 N–H and O–H groups in total. The van der Waals surface area contributed by atoms with Gasteiger partial charge in [-0.25, -0.2) is 4.98 Å². The largest absolute Gasteiger partial charge is 0.439 e. The summed E-state index contributed by atoms with van der Waals surface area (Å²) in [6, 6.07) is 14.1. The number of nitrogens with zero attached hydrogens (tertiary/aromatic N) is 3. The van der Waals surface area contributed by atoms with E-state index < -0.39 is 0 Å². The van der Waals surface area contributed by atoms with Gasteiger partial charge in [0.1, 0.15) is 0 Å². The molecule has 3 rings (SSSR count). The van der Waals surface area contributed by atoms with Gasteiger partial charge in [0.2, 0.25) is 5.89 Å². The van der Waals surface area contributed by atoms with Crippen LogP contribution in [0, 0.1) is 6.92 Å². The summed E-state index contributed by atoms with van der Waals surface area (Å²) in [5.41, 5.74) is 3.29. The van der Waals surface area contributed by atoms with Gasteiger partial charge >= 0.3 is 0 Å². The summed E-state index contributed by atoms with van der Waals surface area (Å²) in [6.07, 6.45) is 4.38. The highest BCUT2D eigenvalue weighted by atomic mass is 127. The van der Waals surface area contributed by atoms with E-state index in [2.05, 4.69) is 44.7 Å². The topological polar surface area (TPSA) is 75.3 Å². The molecular weight excluding hydrogens is 453 g/mol. The molecule has 27 heavy (non-hydrogen) atoms. The fourth-order valence-corrected chi connectivity index (χ4v) is 2.48. The maximum atomic E-state index is 5.81. The van der Waals surface area contributed by atoms with Gasteiger partial charge < -0.3 is 15.1 Å². The third kappa shape index (κ3) is 6.35. The Kier molecular flexibility index (Phi) is 8.25. The molecule has 0 saturated heterocycles. The fourth-order valence-electron chi connectivity index (χ4n) is 2.48. The predicted molar refractivity (Wildman–Crippen MR) is 118 cm³/mol. The van der Waals surface area contributed by atoms with Crippen molar-refractivity contribution in [3.05, 3.63) is 72.0 Å². The van der Waals surface area contributed by atoms with Crippen molar-refractivity contribution >= 4 is 29.9 Å². The van der Waals surface area contributed by atoms with E-state index in [1.807, 2.05) is 30.3 Å². The number of oxazole rings is 1. The summed E-state index contributed by atoms with van der Waals surface area (Å²) in [6.45, 7) is 3.28. The summed E-state index contributed by atoms with van der Waals surface area (Å²) in [5.74, 6) is 2.09. The van der Waals surface area contributed by atoms with Gasteiger partial charge in [-0.15, -0.1) is 24.0 Å². The Hall–Kier alpha value is -2.42. The molecule has 3 aromatic rings. The number of halogens is 1. The number of aliphatic imine (C=N–C) groups is 1. The molecular formula is C20H24IN5O. The van der Waals surface area contributed by atoms with Crippen molar-refractivity contribution in [2.45, 2.75) is 19.9 Å². The smallest absolute Gasteiger partial charge is 0.214 e. The molecule has 0 aliphatic carbocycles. The number of pyridine rings is 1. The second-order valence-electron chi connectivity index (χ2n) is 5.91. The average molecular weight is 477 g/mol. The third-order valence-electron chi connectivity index (χ3n) is 3.92. The van der Waals surface area contributed by atoms with Crippen LogP contribution in [0.25, 0.3) is 11.3 Å². The molecule has 1 aromatic carbocycles. The monoisotopic (exact) mass is 477 g/mol. The second-order valence-corrected chi connectivity index (χ2v) is 5.91. The molecule has 0 spiro atoms. The molecule has 0 amide bonds. The first-order valence-corrected chi connectivity index (χ1v) is 8.61. The molecule has 0 fully saturated rings. The fraction of sp³-hybridized carbons (Fsp3) is 0.250. The summed E-state index contributed by atoms with van der Waals surface area (Å²) in [4.78, 5) is 12.8. The summed E-state index contributed by atoms with van der Waals surface area (Å²) in [5, 5.41) is 6.47. The van der Waals surface area contributed by atoms with E-state index >= 15 is 0 Å². The number of aromatic nitrogens is 2. The number of benzene rings is 1. The van der Waals surface area contributed by atoms with Crippen LogP contribution in [0.4, 0.5) is 0 Å². The zero-order valence-corrected chi connectivity index (χ0v) is 17.8. The summed E-state index contributed by atoms with van der Waals surface area (Å²) in [7, 11) is 1.74. The lowest BCUT2D eigenvalue weighted by atomic mass is 10.1. The Labute approximate surface area is 176 Å². The molecule has 6 nitrogen and oxygen atoms in total. The van der Waals surface area contributed by atoms with E-state index in [0.29, 0.717) is 18.4 Å². The summed E-state index contributed by atoms with van der Waals surface area (Å²) < 4.78 is 5.81. The van der Waals surface area contributed by atoms with E-state index in [0.717, 1.165) is 30.0 Å². The van der Waals surface area contributed by atoms with Crippen LogP contribution in [0.5, 0.6) is 0 Å². The van der Waals surface area contributed by atoms with Crippen molar-refractivity contribution in [1.29, 1.82) is 0 Å². The number of hydrogen-bond donors (Lipinski definition) is 2. The second kappa shape index (κ2) is 10.7. The van der Waals surface area contributed by atoms with Crippen molar-refractivity contribution in [1.82, 2.24) is 20.6 Å². The minimum atomic E-state index is 0. The van der Waals surface area contributed by atoms with Gasteiger partial charge in [-0.3, -0.25) is 9.98 Å². The van der Waals surface area contributed by atoms with Crippen molar-refractivity contribution in [3.8, 4) is 11.3 Å². The number of nitrogens with one attached hydrogen (secondary N) is 2. The van der Waals surface area contributed by atoms with Crippen LogP contribution >= 0.6 is 24.0 Å². The van der Waals surface area contributed by atoms with Crippen LogP contribution < -0.4 is 10.6 Å². The Balaban J connectivity index is 0.00000261. The number of hydrogen-bond acceptors (Lipinski definition) is 4. The first-order chi connectivity index (χ1) is 12.7. The predicted octanol–water partition coefficient (Wildman–Crippen LogP) is 3.57. The lowest BCUT2D eigenvalue weighted by Crippen LogP contribution is -2.38. The van der Waals surface area contributed by atoms with Crippen LogP contribution in [0.3, 0.4) is 0 Å². The van der Waals surface area contributed by atoms with Crippen LogP contribution in [0.2, 0.25) is 0 Å². The van der Waals surface area contributed by atoms with Crippen molar-refractivity contribution < 1.29 is 4.42 Å². The van der Waals surface area contributed by atoms with Gasteiger partial charge in [-0.05, 0) is 19.1 Å². The Morgan fingerprint density at radius 3 is 2.59 bits per heavy atom. The van der Waals surface area contributed by atoms with Gasteiger partial charge in [0, 0.05) is 37.5 Å². The number of aryl methyl sites for hydroxylation is 1. The molecule has 0 aliphatic heterocycles. The molecule has 2 aromatic heterocycles. The Bertz CT molecular complexity index is 846. The van der Waals surface area contributed by atoms with E-state index in [9.17, 15) is 0 Å². The van der Waals surface area contributed by atoms with Crippen LogP contribution in [-0.4, -0.2) is 29.5 Å². The molecule has 142 valence electrons. The quantitative estimate of drug-likeness (QED) is 0.323. The standard InChI is InChI=1S/C20H23N5O.HI/c1-15-6-8-16(9-7-15)18-13-24-19(26-18)14-25-20(21-2)23-12-10-17-5-3-4-11-22-17;/h3-9,11,13H,10,12,14H2,1-2H3,(H2,21,23,25);1H. The number of guanidine groups is 1. The van der Waals surface area contributed by atoms with E-state index in [4.69, 9.17) is 4.42 Å². The molecule has 0 saturated carbocycles. The zero-order valence-electron chi connectivity index (χ0n) is 15.5. The third-order valence-corrected chi connectivity index (χ3v) is 3.92. The minimum Gasteiger partial charge on any atom is -0.439 e. The molecule has 0 unspecified atom stereocenters. The maximum Gasteiger partial charge on any atom is 0.214 e. The molecule has 0 aliphatic rings. The molecule has 0 atom stereocenters. The highest BCUT2D eigenvalue weighted by Gasteiger charge is 2.07. The van der Waals surface area contributed by atoms with Gasteiger partial charge in [0.25, 0.3) is 0 Å². The van der Waals surface area contributed by atoms with Crippen LogP contribution in [0.1, 0.15) is 17.1 Å². The van der Waals surface area contributed by atoms with Gasteiger partial charge in [0.15, 0.2) is 11.7 Å². The highest BCUT2D eigenvalue weighted by Crippen LogP contribution is 2.20. The molecule has 7 heteroatoms. The van der Waals surface area contributed by atoms with E-state index in [1.165, 1.54) is 5.56 Å². The highest BCUT2D eigenvalue weighted by molar-refractivity contribution is 14.0. The lowest BCUT2D eigenvalue weighted by molar-refractivity contribution is 0.497. The van der Waals surface area contributed by atoms with Crippen LogP contribution in [0.15, 0.2) is 64.3 Å². The lowest BCUT2D eigenvalue weighted by Gasteiger charge is -2.10. The number of rotatable bonds is 6. The zero-order chi connectivity index (χ0) is 18.2. The maximum absolute atomic E-state index is 5.81. The molecule has 2 heterocycles. The van der Waals surface area contributed by atoms with Crippen LogP contribution in [-0.2, 0) is 13.0 Å². The van der Waals surface area contributed by atoms with Crippen molar-refractivity contribution in [3.63, 3.8) is 0 Å². The average Bonchev–Trinajstić information content (AvgIpc) is 3.15. The van der Waals surface area contributed by atoms with Gasteiger partial charge in [-0.2, -0.15) is 0 Å². The normalized spacial score (nSPS) is 11.0. The van der Waals surface area contributed by atoms with E-state index in [1.54, 1.807) is 19.4 Å². The minimum absolute atomic E-state index is 0. The molecule has 0 radical (unpaired) electrons. The Morgan fingerprint density at radius 2 is 1.89 bits per heavy atom. The Morgan fingerprint density at radius 1 is 1.07 bits per heavy atom.